The molecule has 2 aromatic carbocycles. The summed E-state index contributed by atoms with van der Waals surface area (Å²) >= 11 is 0. The molecule has 0 bridgehead atoms. The third-order valence-electron chi connectivity index (χ3n) is 4.53. The Labute approximate surface area is 140 Å². The lowest BCUT2D eigenvalue weighted by atomic mass is 10.1. The fraction of sp³-hybridized carbons (Fsp3) is 0.263. The number of anilines is 1. The fourth-order valence-electron chi connectivity index (χ4n) is 2.97. The lowest BCUT2D eigenvalue weighted by molar-refractivity contribution is -0.117. The molecular formula is C19H20N2O3. The number of carbonyl (C=O) groups excluding carboxylic acids is 2. The second kappa shape index (κ2) is 6.35. The van der Waals surface area contributed by atoms with Crippen molar-refractivity contribution < 1.29 is 14.3 Å². The first-order chi connectivity index (χ1) is 11.5. The van der Waals surface area contributed by atoms with Crippen LogP contribution in [-0.4, -0.2) is 18.9 Å². The van der Waals surface area contributed by atoms with Crippen LogP contribution >= 0.6 is 0 Å². The van der Waals surface area contributed by atoms with Crippen molar-refractivity contribution in [3.8, 4) is 5.75 Å². The molecule has 124 valence electrons. The van der Waals surface area contributed by atoms with Crippen molar-refractivity contribution in [1.82, 2.24) is 0 Å². The number of amides is 2. The van der Waals surface area contributed by atoms with Crippen LogP contribution in [0.4, 0.5) is 5.69 Å². The number of carbonyl (C=O) groups is 2. The van der Waals surface area contributed by atoms with Gasteiger partial charge in [-0.25, -0.2) is 0 Å². The van der Waals surface area contributed by atoms with Gasteiger partial charge in [-0.2, -0.15) is 0 Å². The number of primary amides is 1. The molecule has 0 aliphatic heterocycles. The van der Waals surface area contributed by atoms with E-state index in [1.165, 1.54) is 0 Å². The fourth-order valence-corrected chi connectivity index (χ4v) is 2.97. The second-order valence-corrected chi connectivity index (χ2v) is 6.05. The summed E-state index contributed by atoms with van der Waals surface area (Å²) in [6.45, 7) is 1.78. The zero-order chi connectivity index (χ0) is 17.3. The average Bonchev–Trinajstić information content (AvgIpc) is 3.37. The van der Waals surface area contributed by atoms with Crippen LogP contribution in [0.3, 0.4) is 0 Å². The van der Waals surface area contributed by atoms with Crippen LogP contribution in [0.2, 0.25) is 0 Å². The maximum absolute atomic E-state index is 12.5. The van der Waals surface area contributed by atoms with Gasteiger partial charge in [0.25, 0.3) is 0 Å². The van der Waals surface area contributed by atoms with Crippen molar-refractivity contribution in [3.05, 3.63) is 59.2 Å². The molecule has 5 heteroatoms. The van der Waals surface area contributed by atoms with Gasteiger partial charge in [0, 0.05) is 17.2 Å². The molecule has 1 aliphatic carbocycles. The Morgan fingerprint density at radius 3 is 2.50 bits per heavy atom. The molecule has 1 fully saturated rings. The summed E-state index contributed by atoms with van der Waals surface area (Å²) in [7, 11) is 1.63. The lowest BCUT2D eigenvalue weighted by Gasteiger charge is -2.11. The number of hydrogen-bond acceptors (Lipinski definition) is 3. The minimum absolute atomic E-state index is 0.0273. The number of ether oxygens (including phenoxy) is 1. The Morgan fingerprint density at radius 1 is 1.17 bits per heavy atom. The molecule has 2 atom stereocenters. The van der Waals surface area contributed by atoms with Crippen molar-refractivity contribution >= 4 is 17.5 Å². The molecule has 2 aromatic rings. The van der Waals surface area contributed by atoms with Crippen molar-refractivity contribution in [2.45, 2.75) is 19.3 Å². The largest absolute Gasteiger partial charge is 0.497 e. The van der Waals surface area contributed by atoms with Gasteiger partial charge in [0.15, 0.2) is 0 Å². The van der Waals surface area contributed by atoms with E-state index in [9.17, 15) is 9.59 Å². The normalized spacial score (nSPS) is 18.8. The Morgan fingerprint density at radius 2 is 1.88 bits per heavy atom. The number of nitrogens with one attached hydrogen (secondary N) is 1. The van der Waals surface area contributed by atoms with E-state index in [0.717, 1.165) is 17.7 Å². The van der Waals surface area contributed by atoms with Crippen molar-refractivity contribution in [3.63, 3.8) is 0 Å². The summed E-state index contributed by atoms with van der Waals surface area (Å²) in [6, 6.07) is 13.0. The minimum Gasteiger partial charge on any atom is -0.497 e. The van der Waals surface area contributed by atoms with Gasteiger partial charge >= 0.3 is 0 Å². The van der Waals surface area contributed by atoms with E-state index in [0.29, 0.717) is 16.8 Å². The first kappa shape index (κ1) is 16.1. The van der Waals surface area contributed by atoms with Gasteiger partial charge in [-0.15, -0.1) is 0 Å². The zero-order valence-electron chi connectivity index (χ0n) is 13.7. The third kappa shape index (κ3) is 3.11. The van der Waals surface area contributed by atoms with Crippen molar-refractivity contribution in [1.29, 1.82) is 0 Å². The smallest absolute Gasteiger partial charge is 0.249 e. The topological polar surface area (TPSA) is 81.4 Å². The maximum atomic E-state index is 12.5. The van der Waals surface area contributed by atoms with Crippen LogP contribution in [0, 0.1) is 12.8 Å². The predicted octanol–water partition coefficient (Wildman–Crippen LogP) is 2.84. The second-order valence-electron chi connectivity index (χ2n) is 6.05. The van der Waals surface area contributed by atoms with Gasteiger partial charge in [-0.3, -0.25) is 9.59 Å². The van der Waals surface area contributed by atoms with E-state index in [2.05, 4.69) is 5.32 Å². The van der Waals surface area contributed by atoms with Crippen molar-refractivity contribution in [2.24, 2.45) is 11.7 Å². The number of hydrogen-bond donors (Lipinski definition) is 2. The van der Waals surface area contributed by atoms with Crippen LogP contribution in [-0.2, 0) is 4.79 Å². The summed E-state index contributed by atoms with van der Waals surface area (Å²) in [4.78, 5) is 23.9. The van der Waals surface area contributed by atoms with E-state index in [-0.39, 0.29) is 17.7 Å². The molecule has 1 aliphatic rings. The lowest BCUT2D eigenvalue weighted by Crippen LogP contribution is -2.18. The highest BCUT2D eigenvalue weighted by molar-refractivity contribution is 6.00. The van der Waals surface area contributed by atoms with E-state index in [1.54, 1.807) is 32.2 Å². The third-order valence-corrected chi connectivity index (χ3v) is 4.53. The van der Waals surface area contributed by atoms with Gasteiger partial charge in [-0.1, -0.05) is 18.2 Å². The highest BCUT2D eigenvalue weighted by Gasteiger charge is 2.44. The Hall–Kier alpha value is -2.82. The van der Waals surface area contributed by atoms with Crippen LogP contribution < -0.4 is 15.8 Å². The number of benzene rings is 2. The van der Waals surface area contributed by atoms with Gasteiger partial charge in [0.2, 0.25) is 11.8 Å². The molecule has 2 amide bonds. The molecule has 2 unspecified atom stereocenters. The maximum Gasteiger partial charge on any atom is 0.249 e. The monoisotopic (exact) mass is 324 g/mol. The number of methoxy groups -OCH3 is 1. The molecule has 3 rings (SSSR count). The highest BCUT2D eigenvalue weighted by Crippen LogP contribution is 2.48. The summed E-state index contributed by atoms with van der Waals surface area (Å²) in [6.07, 6.45) is 0.826. The van der Waals surface area contributed by atoms with Crippen LogP contribution in [0.5, 0.6) is 5.75 Å². The molecule has 5 nitrogen and oxygen atoms in total. The molecular weight excluding hydrogens is 304 g/mol. The van der Waals surface area contributed by atoms with Crippen LogP contribution in [0.25, 0.3) is 0 Å². The Bertz CT molecular complexity index is 784. The Kier molecular flexibility index (Phi) is 4.25. The van der Waals surface area contributed by atoms with E-state index in [4.69, 9.17) is 10.5 Å². The quantitative estimate of drug-likeness (QED) is 0.887. The average molecular weight is 324 g/mol. The number of nitrogens with two attached hydrogens (primary N) is 1. The molecule has 0 radical (unpaired) electrons. The van der Waals surface area contributed by atoms with E-state index >= 15 is 0 Å². The summed E-state index contributed by atoms with van der Waals surface area (Å²) < 4.78 is 5.15. The van der Waals surface area contributed by atoms with E-state index in [1.807, 2.05) is 24.3 Å². The minimum atomic E-state index is -0.494. The molecule has 3 N–H and O–H groups in total. The molecule has 0 heterocycles. The summed E-state index contributed by atoms with van der Waals surface area (Å²) in [5.41, 5.74) is 8.24. The molecule has 0 spiro atoms. The first-order valence-corrected chi connectivity index (χ1v) is 7.85. The van der Waals surface area contributed by atoms with Gasteiger partial charge < -0.3 is 15.8 Å². The van der Waals surface area contributed by atoms with Crippen molar-refractivity contribution in [2.75, 3.05) is 12.4 Å². The Balaban J connectivity index is 1.69. The molecule has 0 saturated heterocycles. The van der Waals surface area contributed by atoms with Gasteiger partial charge in [0.1, 0.15) is 5.75 Å². The van der Waals surface area contributed by atoms with Crippen LogP contribution in [0.15, 0.2) is 42.5 Å². The van der Waals surface area contributed by atoms with Gasteiger partial charge in [-0.05, 0) is 54.7 Å². The van der Waals surface area contributed by atoms with Gasteiger partial charge in [0.05, 0.1) is 7.11 Å². The first-order valence-electron chi connectivity index (χ1n) is 7.85. The summed E-state index contributed by atoms with van der Waals surface area (Å²) in [5.74, 6) is 0.469. The van der Waals surface area contributed by atoms with Crippen LogP contribution in [0.1, 0.15) is 33.8 Å². The molecule has 24 heavy (non-hydrogen) atoms. The highest BCUT2D eigenvalue weighted by atomic mass is 16.5. The number of rotatable bonds is 5. The molecule has 1 saturated carbocycles. The zero-order valence-corrected chi connectivity index (χ0v) is 13.7. The SMILES string of the molecule is COc1ccc(C2CC2C(=O)Nc2cccc(C(N)=O)c2C)cc1. The predicted molar refractivity (Wildman–Crippen MR) is 92.2 cm³/mol. The molecule has 0 aromatic heterocycles. The standard InChI is InChI=1S/C19H20N2O3/c1-11-14(18(20)22)4-3-5-17(11)21-19(23)16-10-15(16)12-6-8-13(24-2)9-7-12/h3-9,15-16H,10H2,1-2H3,(H2,20,22)(H,21,23). The summed E-state index contributed by atoms with van der Waals surface area (Å²) in [5, 5.41) is 2.92. The van der Waals surface area contributed by atoms with E-state index < -0.39 is 5.91 Å².